The van der Waals surface area contributed by atoms with Crippen molar-refractivity contribution < 1.29 is 13.5 Å². The highest BCUT2D eigenvalue weighted by atomic mass is 35.5. The zero-order chi connectivity index (χ0) is 20.9. The van der Waals surface area contributed by atoms with Gasteiger partial charge < -0.3 is 9.64 Å². The van der Waals surface area contributed by atoms with Crippen LogP contribution in [0.2, 0.25) is 5.28 Å². The molecule has 0 bridgehead atoms. The summed E-state index contributed by atoms with van der Waals surface area (Å²) in [6, 6.07) is 6.09. The van der Waals surface area contributed by atoms with Crippen molar-refractivity contribution in [3.63, 3.8) is 0 Å². The largest absolute Gasteiger partial charge is 0.379 e. The quantitative estimate of drug-likeness (QED) is 0.587. The first-order chi connectivity index (χ1) is 14.4. The predicted octanol–water partition coefficient (Wildman–Crippen LogP) is 3.32. The number of hydrogen-bond donors (Lipinski definition) is 0. The smallest absolute Gasteiger partial charge is 0.263 e. The summed E-state index contributed by atoms with van der Waals surface area (Å²) in [5, 5.41) is 5.23. The number of ether oxygens (including phenoxy) is 1. The van der Waals surface area contributed by atoms with Gasteiger partial charge >= 0.3 is 0 Å². The molecule has 5 rings (SSSR count). The van der Waals surface area contributed by atoms with Crippen LogP contribution in [0.3, 0.4) is 0 Å². The number of halogens is 3. The molecule has 2 aromatic heterocycles. The van der Waals surface area contributed by atoms with E-state index in [4.69, 9.17) is 16.3 Å². The van der Waals surface area contributed by atoms with Crippen LogP contribution in [-0.4, -0.2) is 69.6 Å². The van der Waals surface area contributed by atoms with Gasteiger partial charge in [-0.3, -0.25) is 4.90 Å². The van der Waals surface area contributed by atoms with Crippen LogP contribution < -0.4 is 4.90 Å². The molecule has 0 saturated carbocycles. The van der Waals surface area contributed by atoms with E-state index in [-0.39, 0.29) is 16.4 Å². The van der Waals surface area contributed by atoms with Gasteiger partial charge in [-0.15, -0.1) is 0 Å². The third-order valence-electron chi connectivity index (χ3n) is 5.88. The number of nitrogens with zero attached hydrogens (tertiary/aromatic N) is 6. The number of alkyl halides is 2. The van der Waals surface area contributed by atoms with Crippen molar-refractivity contribution in [3.8, 4) is 5.69 Å². The Morgan fingerprint density at radius 2 is 1.93 bits per heavy atom. The zero-order valence-corrected chi connectivity index (χ0v) is 17.2. The molecule has 0 aliphatic carbocycles. The molecule has 2 aliphatic heterocycles. The van der Waals surface area contributed by atoms with E-state index in [9.17, 15) is 8.78 Å². The zero-order valence-electron chi connectivity index (χ0n) is 16.4. The van der Waals surface area contributed by atoms with Crippen molar-refractivity contribution in [2.45, 2.75) is 18.9 Å². The van der Waals surface area contributed by atoms with Gasteiger partial charge in [0.25, 0.3) is 6.43 Å². The number of anilines is 1. The van der Waals surface area contributed by atoms with E-state index in [1.54, 1.807) is 18.3 Å². The molecule has 2 aliphatic rings. The van der Waals surface area contributed by atoms with Gasteiger partial charge in [-0.2, -0.15) is 15.1 Å². The minimum Gasteiger partial charge on any atom is -0.379 e. The van der Waals surface area contributed by atoms with Gasteiger partial charge in [0.05, 0.1) is 36.0 Å². The van der Waals surface area contributed by atoms with E-state index in [0.29, 0.717) is 17.2 Å². The van der Waals surface area contributed by atoms with Crippen molar-refractivity contribution >= 4 is 28.5 Å². The maximum Gasteiger partial charge on any atom is 0.263 e. The molecule has 0 unspecified atom stereocenters. The topological polar surface area (TPSA) is 59.3 Å². The number of morpholine rings is 1. The van der Waals surface area contributed by atoms with Gasteiger partial charge in [-0.1, -0.05) is 12.1 Å². The van der Waals surface area contributed by atoms with E-state index < -0.39 is 6.43 Å². The summed E-state index contributed by atoms with van der Waals surface area (Å²) >= 11 is 6.23. The molecule has 158 valence electrons. The second-order valence-electron chi connectivity index (χ2n) is 7.96. The minimum absolute atomic E-state index is 0.0507. The van der Waals surface area contributed by atoms with Gasteiger partial charge in [0, 0.05) is 31.7 Å². The number of hydrogen-bond acceptors (Lipinski definition) is 6. The third-order valence-corrected chi connectivity index (χ3v) is 6.05. The van der Waals surface area contributed by atoms with E-state index >= 15 is 0 Å². The van der Waals surface area contributed by atoms with Crippen molar-refractivity contribution in [2.24, 2.45) is 0 Å². The maximum atomic E-state index is 13.1. The molecule has 4 heterocycles. The molecule has 3 aromatic rings. The van der Waals surface area contributed by atoms with Crippen molar-refractivity contribution in [1.82, 2.24) is 24.6 Å². The molecule has 0 spiro atoms. The molecule has 30 heavy (non-hydrogen) atoms. The van der Waals surface area contributed by atoms with E-state index in [2.05, 4.69) is 31.8 Å². The summed E-state index contributed by atoms with van der Waals surface area (Å²) in [5.41, 5.74) is 0.983. The van der Waals surface area contributed by atoms with Crippen LogP contribution in [0, 0.1) is 0 Å². The third kappa shape index (κ3) is 3.30. The summed E-state index contributed by atoms with van der Waals surface area (Å²) in [4.78, 5) is 13.4. The number of rotatable bonds is 4. The SMILES string of the molecule is CC1(N2CCOCC2)CN(c2nc(Cl)nc3c2cnn3-c2cccc(C(F)F)c2)C1. The molecule has 0 atom stereocenters. The highest BCUT2D eigenvalue weighted by Gasteiger charge is 2.45. The Morgan fingerprint density at radius 1 is 1.17 bits per heavy atom. The fraction of sp³-hybridized carbons (Fsp3) is 0.450. The number of benzene rings is 1. The van der Waals surface area contributed by atoms with Gasteiger partial charge in [-0.05, 0) is 30.7 Å². The van der Waals surface area contributed by atoms with E-state index in [1.807, 2.05) is 0 Å². The van der Waals surface area contributed by atoms with Crippen molar-refractivity contribution in [3.05, 3.63) is 41.3 Å². The summed E-state index contributed by atoms with van der Waals surface area (Å²) in [5.74, 6) is 0.715. The summed E-state index contributed by atoms with van der Waals surface area (Å²) in [7, 11) is 0. The van der Waals surface area contributed by atoms with Crippen LogP contribution >= 0.6 is 11.6 Å². The Morgan fingerprint density at radius 3 is 2.67 bits per heavy atom. The first-order valence-electron chi connectivity index (χ1n) is 9.82. The van der Waals surface area contributed by atoms with Crippen LogP contribution in [0.15, 0.2) is 30.5 Å². The normalized spacial score (nSPS) is 19.4. The van der Waals surface area contributed by atoms with Crippen molar-refractivity contribution in [2.75, 3.05) is 44.3 Å². The lowest BCUT2D eigenvalue weighted by atomic mass is 9.89. The fourth-order valence-electron chi connectivity index (χ4n) is 4.32. The van der Waals surface area contributed by atoms with Crippen LogP contribution in [-0.2, 0) is 4.74 Å². The summed E-state index contributed by atoms with van der Waals surface area (Å²) in [6.45, 7) is 7.20. The Labute approximate surface area is 177 Å². The highest BCUT2D eigenvalue weighted by molar-refractivity contribution is 6.28. The summed E-state index contributed by atoms with van der Waals surface area (Å²) in [6.07, 6.45) is -0.889. The lowest BCUT2D eigenvalue weighted by Crippen LogP contribution is -2.70. The van der Waals surface area contributed by atoms with Crippen LogP contribution in [0.4, 0.5) is 14.6 Å². The molecule has 2 fully saturated rings. The molecular formula is C20H21ClF2N6O. The molecule has 7 nitrogen and oxygen atoms in total. The summed E-state index contributed by atoms with van der Waals surface area (Å²) < 4.78 is 33.2. The maximum absolute atomic E-state index is 13.1. The lowest BCUT2D eigenvalue weighted by molar-refractivity contribution is -0.0266. The molecule has 2 saturated heterocycles. The van der Waals surface area contributed by atoms with Gasteiger partial charge in [-0.25, -0.2) is 13.5 Å². The first-order valence-corrected chi connectivity index (χ1v) is 10.2. The average Bonchev–Trinajstić information content (AvgIpc) is 3.15. The molecule has 10 heteroatoms. The van der Waals surface area contributed by atoms with Gasteiger partial charge in [0.2, 0.25) is 5.28 Å². The molecule has 1 aromatic carbocycles. The fourth-order valence-corrected chi connectivity index (χ4v) is 4.48. The highest BCUT2D eigenvalue weighted by Crippen LogP contribution is 2.36. The Hall–Kier alpha value is -2.36. The van der Waals surface area contributed by atoms with Gasteiger partial charge in [0.15, 0.2) is 5.65 Å². The first kappa shape index (κ1) is 19.6. The Kier molecular flexibility index (Phi) is 4.83. The monoisotopic (exact) mass is 434 g/mol. The predicted molar refractivity (Wildman–Crippen MR) is 110 cm³/mol. The standard InChI is InChI=1S/C20H21ClF2N6O/c1-20(28-5-7-30-8-6-28)11-27(12-20)17-15-10-24-29(18(15)26-19(21)25-17)14-4-2-3-13(9-14)16(22)23/h2-4,9-10,16H,5-8,11-12H2,1H3. The Balaban J connectivity index is 1.47. The second kappa shape index (κ2) is 7.40. The van der Waals surface area contributed by atoms with E-state index in [0.717, 1.165) is 44.8 Å². The molecule has 0 amide bonds. The van der Waals surface area contributed by atoms with E-state index in [1.165, 1.54) is 16.8 Å². The molecule has 0 radical (unpaired) electrons. The van der Waals surface area contributed by atoms with Crippen molar-refractivity contribution in [1.29, 1.82) is 0 Å². The van der Waals surface area contributed by atoms with Crippen LogP contribution in [0.1, 0.15) is 18.9 Å². The number of aromatic nitrogens is 4. The molecule has 0 N–H and O–H groups in total. The number of fused-ring (bicyclic) bond motifs is 1. The second-order valence-corrected chi connectivity index (χ2v) is 8.30. The lowest BCUT2D eigenvalue weighted by Gasteiger charge is -2.55. The van der Waals surface area contributed by atoms with Crippen LogP contribution in [0.25, 0.3) is 16.7 Å². The molecular weight excluding hydrogens is 414 g/mol. The van der Waals surface area contributed by atoms with Crippen LogP contribution in [0.5, 0.6) is 0 Å². The average molecular weight is 435 g/mol. The minimum atomic E-state index is -2.56. The van der Waals surface area contributed by atoms with Gasteiger partial charge in [0.1, 0.15) is 5.82 Å². The Bertz CT molecular complexity index is 1080.